The molecular weight excluding hydrogens is 346 g/mol. The normalized spacial score (nSPS) is 11.3. The van der Waals surface area contributed by atoms with Crippen LogP contribution in [0.1, 0.15) is 70.9 Å². The van der Waals surface area contributed by atoms with Crippen LogP contribution < -0.4 is 10.1 Å². The predicted octanol–water partition coefficient (Wildman–Crippen LogP) is 6.51. The molecule has 0 aliphatic rings. The number of benzene rings is 2. The van der Waals surface area contributed by atoms with Gasteiger partial charge in [0.05, 0.1) is 6.61 Å². The van der Waals surface area contributed by atoms with Crippen LogP contribution in [-0.4, -0.2) is 12.5 Å². The minimum Gasteiger partial charge on any atom is -0.494 e. The molecule has 0 radical (unpaired) electrons. The van der Waals surface area contributed by atoms with Gasteiger partial charge in [-0.25, -0.2) is 0 Å². The first kappa shape index (κ1) is 22.0. The Bertz CT molecular complexity index is 717. The molecular formula is C25H35NO2. The van der Waals surface area contributed by atoms with E-state index in [1.54, 1.807) is 0 Å². The van der Waals surface area contributed by atoms with Gasteiger partial charge in [-0.3, -0.25) is 4.79 Å². The van der Waals surface area contributed by atoms with E-state index in [-0.39, 0.29) is 11.3 Å². The van der Waals surface area contributed by atoms with Crippen molar-refractivity contribution in [3.8, 4) is 5.75 Å². The third-order valence-corrected chi connectivity index (χ3v) is 5.39. The molecule has 3 heteroatoms. The summed E-state index contributed by atoms with van der Waals surface area (Å²) in [4.78, 5) is 12.1. The molecule has 0 unspecified atom stereocenters. The second kappa shape index (κ2) is 10.9. The van der Waals surface area contributed by atoms with Gasteiger partial charge in [-0.15, -0.1) is 0 Å². The summed E-state index contributed by atoms with van der Waals surface area (Å²) in [6, 6.07) is 16.5. The largest absolute Gasteiger partial charge is 0.494 e. The highest BCUT2D eigenvalue weighted by atomic mass is 16.5. The molecule has 3 nitrogen and oxygen atoms in total. The van der Waals surface area contributed by atoms with Crippen LogP contribution >= 0.6 is 0 Å². The first-order valence-electron chi connectivity index (χ1n) is 10.6. The molecule has 0 heterocycles. The number of hydrogen-bond acceptors (Lipinski definition) is 2. The summed E-state index contributed by atoms with van der Waals surface area (Å²) in [6.07, 6.45) is 5.75. The third kappa shape index (κ3) is 7.03. The van der Waals surface area contributed by atoms with E-state index in [0.717, 1.165) is 24.3 Å². The Morgan fingerprint density at radius 3 is 2.25 bits per heavy atom. The van der Waals surface area contributed by atoms with E-state index in [9.17, 15) is 4.79 Å². The minimum atomic E-state index is 0.0324. The van der Waals surface area contributed by atoms with Crippen LogP contribution in [0.25, 0.3) is 0 Å². The van der Waals surface area contributed by atoms with Crippen molar-refractivity contribution in [1.29, 1.82) is 0 Å². The zero-order valence-electron chi connectivity index (χ0n) is 17.9. The fourth-order valence-electron chi connectivity index (χ4n) is 2.99. The van der Waals surface area contributed by atoms with Crippen LogP contribution in [0.3, 0.4) is 0 Å². The van der Waals surface area contributed by atoms with Crippen molar-refractivity contribution in [3.63, 3.8) is 0 Å². The first-order chi connectivity index (χ1) is 13.4. The fourth-order valence-corrected chi connectivity index (χ4v) is 2.99. The van der Waals surface area contributed by atoms with Gasteiger partial charge < -0.3 is 10.1 Å². The molecule has 0 spiro atoms. The van der Waals surface area contributed by atoms with Crippen molar-refractivity contribution in [1.82, 2.24) is 0 Å². The summed E-state index contributed by atoms with van der Waals surface area (Å²) in [7, 11) is 0. The lowest BCUT2D eigenvalue weighted by atomic mass is 9.82. The summed E-state index contributed by atoms with van der Waals surface area (Å²) in [5.41, 5.74) is 3.69. The maximum atomic E-state index is 12.1. The average Bonchev–Trinajstić information content (AvgIpc) is 2.71. The highest BCUT2D eigenvalue weighted by Gasteiger charge is 2.17. The number of rotatable bonds is 11. The monoisotopic (exact) mass is 381 g/mol. The molecule has 2 aromatic carbocycles. The van der Waals surface area contributed by atoms with Crippen LogP contribution in [0.15, 0.2) is 48.5 Å². The second-order valence-electron chi connectivity index (χ2n) is 8.06. The van der Waals surface area contributed by atoms with Gasteiger partial charge in [0.15, 0.2) is 0 Å². The minimum absolute atomic E-state index is 0.0324. The Morgan fingerprint density at radius 1 is 0.964 bits per heavy atom. The maximum absolute atomic E-state index is 12.1. The van der Waals surface area contributed by atoms with E-state index in [1.165, 1.54) is 24.0 Å². The van der Waals surface area contributed by atoms with Crippen molar-refractivity contribution in [3.05, 3.63) is 59.7 Å². The average molecular weight is 382 g/mol. The summed E-state index contributed by atoms with van der Waals surface area (Å²) in [5, 5.41) is 2.96. The Hall–Kier alpha value is -2.29. The lowest BCUT2D eigenvalue weighted by Crippen LogP contribution is -2.15. The number of hydrogen-bond donors (Lipinski definition) is 1. The maximum Gasteiger partial charge on any atom is 0.224 e. The van der Waals surface area contributed by atoms with Gasteiger partial charge >= 0.3 is 0 Å². The molecule has 1 N–H and O–H groups in total. The number of carbonyl (C=O) groups is 1. The molecule has 152 valence electrons. The third-order valence-electron chi connectivity index (χ3n) is 5.39. The topological polar surface area (TPSA) is 38.3 Å². The van der Waals surface area contributed by atoms with Gasteiger partial charge in [0.2, 0.25) is 5.91 Å². The van der Waals surface area contributed by atoms with Crippen molar-refractivity contribution in [2.45, 2.75) is 71.6 Å². The lowest BCUT2D eigenvalue weighted by molar-refractivity contribution is -0.116. The van der Waals surface area contributed by atoms with Crippen LogP contribution in [0.5, 0.6) is 5.75 Å². The van der Waals surface area contributed by atoms with Crippen LogP contribution in [0.2, 0.25) is 0 Å². The Morgan fingerprint density at radius 2 is 1.64 bits per heavy atom. The molecule has 0 fully saturated rings. The molecule has 0 aliphatic carbocycles. The van der Waals surface area contributed by atoms with E-state index in [4.69, 9.17) is 4.74 Å². The Balaban J connectivity index is 1.69. The molecule has 0 bridgehead atoms. The van der Waals surface area contributed by atoms with Crippen molar-refractivity contribution >= 4 is 11.6 Å². The van der Waals surface area contributed by atoms with Gasteiger partial charge in [0.1, 0.15) is 5.75 Å². The highest BCUT2D eigenvalue weighted by molar-refractivity contribution is 5.90. The van der Waals surface area contributed by atoms with Crippen LogP contribution in [0.4, 0.5) is 5.69 Å². The van der Waals surface area contributed by atoms with Crippen LogP contribution in [-0.2, 0) is 16.6 Å². The summed E-state index contributed by atoms with van der Waals surface area (Å²) in [5.74, 6) is 0.892. The lowest BCUT2D eigenvalue weighted by Gasteiger charge is -2.23. The number of ether oxygens (including phenoxy) is 1. The number of aryl methyl sites for hydroxylation is 1. The standard InChI is InChI=1S/C25H35NO2/c1-5-7-9-20-11-15-22(16-12-20)26-24(27)10-8-19-28-23-17-13-21(14-18-23)25(3,4)6-2/h11-18H,5-10,19H2,1-4H3,(H,26,27). The van der Waals surface area contributed by atoms with Crippen molar-refractivity contribution < 1.29 is 9.53 Å². The number of unbranched alkanes of at least 4 members (excludes halogenated alkanes) is 1. The second-order valence-corrected chi connectivity index (χ2v) is 8.06. The highest BCUT2D eigenvalue weighted by Crippen LogP contribution is 2.28. The number of carbonyl (C=O) groups excluding carboxylic acids is 1. The van der Waals surface area contributed by atoms with E-state index < -0.39 is 0 Å². The molecule has 2 aromatic rings. The molecule has 0 aliphatic heterocycles. The van der Waals surface area contributed by atoms with Crippen LogP contribution in [0, 0.1) is 0 Å². The molecule has 2 rings (SSSR count). The van der Waals surface area contributed by atoms with Crippen molar-refractivity contribution in [2.75, 3.05) is 11.9 Å². The molecule has 0 atom stereocenters. The van der Waals surface area contributed by atoms with Gasteiger partial charge in [-0.2, -0.15) is 0 Å². The molecule has 1 amide bonds. The Labute approximate surface area is 170 Å². The van der Waals surface area contributed by atoms with Crippen molar-refractivity contribution in [2.24, 2.45) is 0 Å². The SMILES string of the molecule is CCCCc1ccc(NC(=O)CCCOc2ccc(C(C)(C)CC)cc2)cc1. The van der Waals surface area contributed by atoms with Gasteiger partial charge in [0.25, 0.3) is 0 Å². The Kier molecular flexibility index (Phi) is 8.56. The summed E-state index contributed by atoms with van der Waals surface area (Å²) < 4.78 is 5.78. The first-order valence-corrected chi connectivity index (χ1v) is 10.6. The van der Waals surface area contributed by atoms with E-state index >= 15 is 0 Å². The molecule has 0 saturated heterocycles. The van der Waals surface area contributed by atoms with Gasteiger partial charge in [0, 0.05) is 12.1 Å². The zero-order chi connectivity index (χ0) is 20.4. The summed E-state index contributed by atoms with van der Waals surface area (Å²) in [6.45, 7) is 9.44. The number of nitrogens with one attached hydrogen (secondary N) is 1. The van der Waals surface area contributed by atoms with E-state index in [2.05, 4.69) is 57.3 Å². The van der Waals surface area contributed by atoms with E-state index in [0.29, 0.717) is 19.4 Å². The molecule has 0 saturated carbocycles. The number of anilines is 1. The summed E-state index contributed by atoms with van der Waals surface area (Å²) >= 11 is 0. The quantitative estimate of drug-likeness (QED) is 0.450. The van der Waals surface area contributed by atoms with Gasteiger partial charge in [-0.05, 0) is 66.5 Å². The number of amides is 1. The predicted molar refractivity (Wildman–Crippen MR) is 118 cm³/mol. The molecule has 0 aromatic heterocycles. The zero-order valence-corrected chi connectivity index (χ0v) is 17.9. The molecule has 28 heavy (non-hydrogen) atoms. The van der Waals surface area contributed by atoms with E-state index in [1.807, 2.05) is 24.3 Å². The smallest absolute Gasteiger partial charge is 0.224 e. The fraction of sp³-hybridized carbons (Fsp3) is 0.480. The van der Waals surface area contributed by atoms with Gasteiger partial charge in [-0.1, -0.05) is 58.4 Å².